The van der Waals surface area contributed by atoms with Gasteiger partial charge >= 0.3 is 0 Å². The molecule has 0 fully saturated rings. The van der Waals surface area contributed by atoms with Gasteiger partial charge in [0, 0.05) is 34.6 Å². The van der Waals surface area contributed by atoms with Crippen molar-refractivity contribution < 1.29 is 9.59 Å². The Kier molecular flexibility index (Phi) is 9.00. The van der Waals surface area contributed by atoms with Gasteiger partial charge in [-0.15, -0.1) is 12.4 Å². The minimum Gasteiger partial charge on any atom is -0.384 e. The number of halogens is 2. The molecule has 1 heterocycles. The Morgan fingerprint density at radius 2 is 1.84 bits per heavy atom. The van der Waals surface area contributed by atoms with Crippen molar-refractivity contribution in [3.05, 3.63) is 88.6 Å². The highest BCUT2D eigenvalue weighted by atomic mass is 35.5. The number of amidine groups is 1. The first-order chi connectivity index (χ1) is 14.9. The van der Waals surface area contributed by atoms with Crippen molar-refractivity contribution in [3.63, 3.8) is 0 Å². The average Bonchev–Trinajstić information content (AvgIpc) is 2.77. The molecular formula is C22H22Cl2N6O2. The molecule has 0 aliphatic carbocycles. The van der Waals surface area contributed by atoms with Crippen LogP contribution in [-0.4, -0.2) is 29.2 Å². The molecule has 1 aromatic heterocycles. The van der Waals surface area contributed by atoms with Gasteiger partial charge in [-0.3, -0.25) is 15.0 Å². The highest BCUT2D eigenvalue weighted by molar-refractivity contribution is 6.30. The second-order valence-electron chi connectivity index (χ2n) is 6.60. The van der Waals surface area contributed by atoms with Gasteiger partial charge in [0.05, 0.1) is 6.54 Å². The molecule has 0 unspecified atom stereocenters. The molecule has 2 aromatic carbocycles. The molecule has 0 radical (unpaired) electrons. The lowest BCUT2D eigenvalue weighted by Crippen LogP contribution is -2.25. The fraction of sp³-hybridized carbons (Fsp3) is 0.0909. The lowest BCUT2D eigenvalue weighted by molar-refractivity contribution is -0.114. The summed E-state index contributed by atoms with van der Waals surface area (Å²) in [5.74, 6) is -0.228. The van der Waals surface area contributed by atoms with Crippen LogP contribution in [0.4, 0.5) is 11.5 Å². The van der Waals surface area contributed by atoms with Crippen LogP contribution in [0, 0.1) is 5.41 Å². The number of carbonyl (C=O) groups excluding carboxylic acids is 2. The SMILES string of the molecule is Cl.N=C(N)c1ccc(CNC(=O)c2cccc(Cl)c2)c(NCC(=O)Nc2ccccn2)c1. The normalized spacial score (nSPS) is 9.91. The smallest absolute Gasteiger partial charge is 0.251 e. The molecule has 3 rings (SSSR count). The zero-order chi connectivity index (χ0) is 22.2. The van der Waals surface area contributed by atoms with E-state index in [9.17, 15) is 9.59 Å². The Labute approximate surface area is 196 Å². The molecule has 8 nitrogen and oxygen atoms in total. The van der Waals surface area contributed by atoms with E-state index in [0.717, 1.165) is 5.56 Å². The zero-order valence-corrected chi connectivity index (χ0v) is 18.5. The molecule has 0 atom stereocenters. The van der Waals surface area contributed by atoms with Gasteiger partial charge in [-0.25, -0.2) is 4.98 Å². The first kappa shape index (κ1) is 24.6. The van der Waals surface area contributed by atoms with Crippen LogP contribution >= 0.6 is 24.0 Å². The van der Waals surface area contributed by atoms with E-state index in [2.05, 4.69) is 20.9 Å². The Morgan fingerprint density at radius 3 is 2.53 bits per heavy atom. The van der Waals surface area contributed by atoms with Crippen LogP contribution in [0.25, 0.3) is 0 Å². The number of hydrogen-bond donors (Lipinski definition) is 5. The van der Waals surface area contributed by atoms with E-state index in [4.69, 9.17) is 22.7 Å². The topological polar surface area (TPSA) is 133 Å². The van der Waals surface area contributed by atoms with E-state index in [-0.39, 0.29) is 43.1 Å². The summed E-state index contributed by atoms with van der Waals surface area (Å²) >= 11 is 5.94. The number of hydrogen-bond acceptors (Lipinski definition) is 5. The molecule has 32 heavy (non-hydrogen) atoms. The lowest BCUT2D eigenvalue weighted by Gasteiger charge is -2.14. The number of nitrogens with two attached hydrogens (primary N) is 1. The zero-order valence-electron chi connectivity index (χ0n) is 16.9. The molecule has 0 aliphatic heterocycles. The number of pyridine rings is 1. The molecule has 10 heteroatoms. The summed E-state index contributed by atoms with van der Waals surface area (Å²) in [4.78, 5) is 28.7. The highest BCUT2D eigenvalue weighted by Crippen LogP contribution is 2.18. The molecule has 166 valence electrons. The average molecular weight is 473 g/mol. The van der Waals surface area contributed by atoms with Crippen molar-refractivity contribution >= 4 is 53.2 Å². The van der Waals surface area contributed by atoms with E-state index in [1.165, 1.54) is 0 Å². The van der Waals surface area contributed by atoms with Crippen LogP contribution in [-0.2, 0) is 11.3 Å². The number of rotatable bonds is 8. The molecule has 6 N–H and O–H groups in total. The maximum atomic E-state index is 12.4. The minimum absolute atomic E-state index is 0. The number of benzene rings is 2. The van der Waals surface area contributed by atoms with Crippen molar-refractivity contribution in [1.29, 1.82) is 5.41 Å². The van der Waals surface area contributed by atoms with Crippen molar-refractivity contribution in [1.82, 2.24) is 10.3 Å². The summed E-state index contributed by atoms with van der Waals surface area (Å²) in [5.41, 5.74) is 7.84. The third-order valence-corrected chi connectivity index (χ3v) is 4.55. The Morgan fingerprint density at radius 1 is 1.03 bits per heavy atom. The fourth-order valence-corrected chi connectivity index (χ4v) is 2.96. The van der Waals surface area contributed by atoms with Gasteiger partial charge in [0.1, 0.15) is 11.7 Å². The molecule has 0 spiro atoms. The van der Waals surface area contributed by atoms with E-state index >= 15 is 0 Å². The van der Waals surface area contributed by atoms with E-state index in [1.807, 2.05) is 0 Å². The molecule has 0 bridgehead atoms. The largest absolute Gasteiger partial charge is 0.384 e. The van der Waals surface area contributed by atoms with Gasteiger partial charge in [-0.1, -0.05) is 35.9 Å². The number of anilines is 2. The van der Waals surface area contributed by atoms with Crippen LogP contribution < -0.4 is 21.7 Å². The Bertz CT molecular complexity index is 1110. The number of aromatic nitrogens is 1. The Balaban J connectivity index is 0.00000363. The number of carbonyl (C=O) groups is 2. The summed E-state index contributed by atoms with van der Waals surface area (Å²) in [5, 5.41) is 16.7. The minimum atomic E-state index is -0.291. The van der Waals surface area contributed by atoms with Crippen LogP contribution in [0.3, 0.4) is 0 Å². The van der Waals surface area contributed by atoms with Crippen LogP contribution in [0.2, 0.25) is 5.02 Å². The number of nitrogens with zero attached hydrogens (tertiary/aromatic N) is 1. The summed E-state index contributed by atoms with van der Waals surface area (Å²) in [6.07, 6.45) is 1.58. The summed E-state index contributed by atoms with van der Waals surface area (Å²) in [6.45, 7) is 0.168. The maximum Gasteiger partial charge on any atom is 0.251 e. The molecule has 2 amide bonds. The first-order valence-electron chi connectivity index (χ1n) is 9.38. The van der Waals surface area contributed by atoms with Crippen molar-refractivity contribution in [3.8, 4) is 0 Å². The van der Waals surface area contributed by atoms with Gasteiger partial charge in [0.15, 0.2) is 0 Å². The van der Waals surface area contributed by atoms with Gasteiger partial charge in [0.25, 0.3) is 5.91 Å². The third-order valence-electron chi connectivity index (χ3n) is 4.32. The standard InChI is InChI=1S/C22H21ClN6O2.ClH/c23-17-5-3-4-15(10-17)22(31)28-12-16-8-7-14(21(24)25)11-18(16)27-13-20(30)29-19-6-1-2-9-26-19;/h1-11,27H,12-13H2,(H3,24,25)(H,28,31)(H,26,29,30);1H. The van der Waals surface area contributed by atoms with Crippen LogP contribution in [0.5, 0.6) is 0 Å². The van der Waals surface area contributed by atoms with Crippen molar-refractivity contribution in [2.24, 2.45) is 5.73 Å². The summed E-state index contributed by atoms with van der Waals surface area (Å²) in [7, 11) is 0. The van der Waals surface area contributed by atoms with Gasteiger partial charge in [0.2, 0.25) is 5.91 Å². The second-order valence-corrected chi connectivity index (χ2v) is 7.03. The highest BCUT2D eigenvalue weighted by Gasteiger charge is 2.11. The van der Waals surface area contributed by atoms with Crippen LogP contribution in [0.15, 0.2) is 66.9 Å². The molecule has 0 saturated heterocycles. The van der Waals surface area contributed by atoms with Crippen LogP contribution in [0.1, 0.15) is 21.5 Å². The molecule has 0 aliphatic rings. The van der Waals surface area contributed by atoms with E-state index in [1.54, 1.807) is 66.9 Å². The summed E-state index contributed by atoms with van der Waals surface area (Å²) < 4.78 is 0. The van der Waals surface area contributed by atoms with E-state index < -0.39 is 0 Å². The second kappa shape index (κ2) is 11.7. The molecule has 3 aromatic rings. The Hall–Kier alpha value is -3.62. The quantitative estimate of drug-likeness (QED) is 0.253. The number of nitrogen functional groups attached to an aromatic ring is 1. The lowest BCUT2D eigenvalue weighted by atomic mass is 10.1. The maximum absolute atomic E-state index is 12.4. The first-order valence-corrected chi connectivity index (χ1v) is 9.76. The molecular weight excluding hydrogens is 451 g/mol. The van der Waals surface area contributed by atoms with Gasteiger partial charge in [-0.2, -0.15) is 0 Å². The van der Waals surface area contributed by atoms with Crippen molar-refractivity contribution in [2.45, 2.75) is 6.54 Å². The monoisotopic (exact) mass is 472 g/mol. The number of nitrogens with one attached hydrogen (secondary N) is 4. The number of amides is 2. The summed E-state index contributed by atoms with van der Waals surface area (Å²) in [6, 6.07) is 16.9. The van der Waals surface area contributed by atoms with E-state index in [0.29, 0.717) is 27.7 Å². The van der Waals surface area contributed by atoms with Gasteiger partial charge in [-0.05, 0) is 42.0 Å². The van der Waals surface area contributed by atoms with Gasteiger partial charge < -0.3 is 21.7 Å². The predicted molar refractivity (Wildman–Crippen MR) is 129 cm³/mol. The fourth-order valence-electron chi connectivity index (χ4n) is 2.77. The van der Waals surface area contributed by atoms with Crippen molar-refractivity contribution in [2.75, 3.05) is 17.2 Å². The molecule has 0 saturated carbocycles. The third kappa shape index (κ3) is 6.97. The predicted octanol–water partition coefficient (Wildman–Crippen LogP) is 3.42.